The number of halogens is 1. The lowest BCUT2D eigenvalue weighted by atomic mass is 9.95. The van der Waals surface area contributed by atoms with Crippen LogP contribution in [0.25, 0.3) is 10.8 Å². The van der Waals surface area contributed by atoms with Crippen molar-refractivity contribution in [3.8, 4) is 11.8 Å². The molecule has 0 unspecified atom stereocenters. The monoisotopic (exact) mass is 710 g/mol. The number of carbonyl (C=O) groups excluding carboxylic acids is 1. The van der Waals surface area contributed by atoms with Gasteiger partial charge in [-0.25, -0.2) is 4.39 Å². The minimum atomic E-state index is -0.234. The van der Waals surface area contributed by atoms with Crippen LogP contribution in [0, 0.1) is 5.82 Å². The summed E-state index contributed by atoms with van der Waals surface area (Å²) in [6.45, 7) is 10.2. The Balaban J connectivity index is 1.07. The Hall–Kier alpha value is -4.49. The number of ether oxygens (including phenoxy) is 2. The van der Waals surface area contributed by atoms with E-state index in [0.717, 1.165) is 78.1 Å². The van der Waals surface area contributed by atoms with E-state index in [-0.39, 0.29) is 23.0 Å². The van der Waals surface area contributed by atoms with Gasteiger partial charge in [0.2, 0.25) is 0 Å². The molecule has 2 aromatic heterocycles. The van der Waals surface area contributed by atoms with E-state index in [9.17, 15) is 9.90 Å². The molecule has 0 atom stereocenters. The first-order valence-electron chi connectivity index (χ1n) is 19.0. The number of hydrogen-bond donors (Lipinski definition) is 1. The number of morpholine rings is 1. The van der Waals surface area contributed by atoms with Gasteiger partial charge in [0.25, 0.3) is 5.91 Å². The smallest absolute Gasteiger partial charge is 0.318 e. The van der Waals surface area contributed by atoms with Crippen molar-refractivity contribution in [1.82, 2.24) is 29.5 Å². The molecule has 274 valence electrons. The highest BCUT2D eigenvalue weighted by molar-refractivity contribution is 5.98. The van der Waals surface area contributed by atoms with Gasteiger partial charge >= 0.3 is 6.01 Å². The zero-order chi connectivity index (χ0) is 35.4. The summed E-state index contributed by atoms with van der Waals surface area (Å²) in [6.07, 6.45) is 6.68. The van der Waals surface area contributed by atoms with Crippen LogP contribution in [-0.2, 0) is 37.2 Å². The van der Waals surface area contributed by atoms with Crippen molar-refractivity contribution in [2.24, 2.45) is 0 Å². The molecular weight excluding hydrogens is 663 g/mol. The number of amides is 1. The molecule has 3 fully saturated rings. The first kappa shape index (κ1) is 33.4. The van der Waals surface area contributed by atoms with Crippen molar-refractivity contribution < 1.29 is 23.8 Å². The SMILES string of the molecule is CCc1c(F)ccc2cc(O)cc(N3CCc4c(nc(OCC56CCCN5CCC6)nc4N4CCCn5nc(C(=O)N6CCOCC6)cc5C4)C3)c12. The fourth-order valence-electron chi connectivity index (χ4n) is 9.33. The average molecular weight is 711 g/mol. The lowest BCUT2D eigenvalue weighted by Crippen LogP contribution is -2.43. The summed E-state index contributed by atoms with van der Waals surface area (Å²) in [5, 5.41) is 17.2. The van der Waals surface area contributed by atoms with Crippen LogP contribution in [-0.4, -0.2) is 105 Å². The van der Waals surface area contributed by atoms with Gasteiger partial charge in [0, 0.05) is 55.4 Å². The number of hydrogen-bond acceptors (Lipinski definition) is 10. The van der Waals surface area contributed by atoms with Crippen LogP contribution in [0.1, 0.15) is 72.0 Å². The van der Waals surface area contributed by atoms with Crippen molar-refractivity contribution in [2.75, 3.05) is 68.9 Å². The summed E-state index contributed by atoms with van der Waals surface area (Å²) in [6, 6.07) is 9.02. The van der Waals surface area contributed by atoms with Crippen molar-refractivity contribution in [2.45, 2.75) is 77.0 Å². The van der Waals surface area contributed by atoms with E-state index >= 15 is 4.39 Å². The maximum Gasteiger partial charge on any atom is 0.318 e. The molecule has 2 aromatic carbocycles. The third kappa shape index (κ3) is 5.91. The van der Waals surface area contributed by atoms with E-state index in [4.69, 9.17) is 24.5 Å². The molecule has 1 N–H and O–H groups in total. The van der Waals surface area contributed by atoms with Gasteiger partial charge in [0.1, 0.15) is 24.0 Å². The molecule has 0 bridgehead atoms. The summed E-state index contributed by atoms with van der Waals surface area (Å²) in [7, 11) is 0. The number of fused-ring (bicyclic) bond motifs is 4. The Morgan fingerprint density at radius 1 is 0.962 bits per heavy atom. The lowest BCUT2D eigenvalue weighted by Gasteiger charge is -2.35. The van der Waals surface area contributed by atoms with Gasteiger partial charge in [-0.2, -0.15) is 15.1 Å². The molecular formula is C39H47FN8O4. The molecule has 52 heavy (non-hydrogen) atoms. The molecule has 3 saturated heterocycles. The maximum atomic E-state index is 15.1. The predicted molar refractivity (Wildman–Crippen MR) is 195 cm³/mol. The maximum absolute atomic E-state index is 15.1. The van der Waals surface area contributed by atoms with Gasteiger partial charge in [0.05, 0.1) is 43.2 Å². The molecule has 9 rings (SSSR count). The third-order valence-corrected chi connectivity index (χ3v) is 12.0. The second kappa shape index (κ2) is 13.5. The Morgan fingerprint density at radius 2 is 1.79 bits per heavy atom. The van der Waals surface area contributed by atoms with Crippen LogP contribution in [0.5, 0.6) is 11.8 Å². The van der Waals surface area contributed by atoms with Crippen molar-refractivity contribution in [3.63, 3.8) is 0 Å². The molecule has 0 aliphatic carbocycles. The van der Waals surface area contributed by atoms with Crippen LogP contribution in [0.15, 0.2) is 30.3 Å². The first-order valence-corrected chi connectivity index (χ1v) is 19.0. The fraction of sp³-hybridized carbons (Fsp3) is 0.538. The summed E-state index contributed by atoms with van der Waals surface area (Å²) in [4.78, 5) is 32.5. The van der Waals surface area contributed by atoms with Gasteiger partial charge < -0.3 is 29.3 Å². The quantitative estimate of drug-likeness (QED) is 0.290. The number of aryl methyl sites for hydroxylation is 2. The normalized spacial score (nSPS) is 20.2. The molecule has 5 aliphatic rings. The minimum absolute atomic E-state index is 0.0467. The van der Waals surface area contributed by atoms with Crippen LogP contribution < -0.4 is 14.5 Å². The summed E-state index contributed by atoms with van der Waals surface area (Å²) in [5.74, 6) is 0.730. The Morgan fingerprint density at radius 3 is 2.60 bits per heavy atom. The van der Waals surface area contributed by atoms with Crippen LogP contribution in [0.2, 0.25) is 0 Å². The van der Waals surface area contributed by atoms with Crippen molar-refractivity contribution in [3.05, 3.63) is 64.4 Å². The summed E-state index contributed by atoms with van der Waals surface area (Å²) < 4.78 is 29.2. The molecule has 0 radical (unpaired) electrons. The number of carbonyl (C=O) groups is 1. The van der Waals surface area contributed by atoms with E-state index < -0.39 is 0 Å². The van der Waals surface area contributed by atoms with E-state index in [1.807, 2.05) is 22.6 Å². The number of aromatic hydroxyl groups is 1. The second-order valence-electron chi connectivity index (χ2n) is 15.0. The van der Waals surface area contributed by atoms with Crippen molar-refractivity contribution in [1.29, 1.82) is 0 Å². The standard InChI is InChI=1S/C39H47FN8O4/c1-2-29-31(40)7-6-26-20-28(49)22-34(35(26)29)45-15-8-30-33(24-45)41-38(52-25-39-9-3-12-47(39)13-4-10-39)42-36(30)46-11-5-14-48-27(23-46)21-32(43-48)37(50)44-16-18-51-19-17-44/h6-7,20-22,49H,2-5,8-19,23-25H2,1H3. The van der Waals surface area contributed by atoms with Crippen LogP contribution in [0.4, 0.5) is 15.9 Å². The van der Waals surface area contributed by atoms with Gasteiger partial charge in [-0.1, -0.05) is 13.0 Å². The van der Waals surface area contributed by atoms with Gasteiger partial charge in [-0.3, -0.25) is 14.4 Å². The molecule has 7 heterocycles. The predicted octanol–water partition coefficient (Wildman–Crippen LogP) is 4.69. The number of phenolic OH excluding ortho intramolecular Hbond substituents is 1. The topological polar surface area (TPSA) is 112 Å². The minimum Gasteiger partial charge on any atom is -0.508 e. The number of rotatable bonds is 7. The number of aromatic nitrogens is 4. The second-order valence-corrected chi connectivity index (χ2v) is 15.0. The Labute approximate surface area is 303 Å². The van der Waals surface area contributed by atoms with Gasteiger partial charge in [-0.05, 0) is 87.2 Å². The molecule has 1 amide bonds. The zero-order valence-corrected chi connectivity index (χ0v) is 29.9. The van der Waals surface area contributed by atoms with E-state index in [1.54, 1.807) is 18.2 Å². The number of benzene rings is 2. The lowest BCUT2D eigenvalue weighted by molar-refractivity contribution is 0.0298. The Kier molecular flexibility index (Phi) is 8.65. The first-order chi connectivity index (χ1) is 25.4. The summed E-state index contributed by atoms with van der Waals surface area (Å²) >= 11 is 0. The number of phenols is 1. The highest BCUT2D eigenvalue weighted by atomic mass is 19.1. The largest absolute Gasteiger partial charge is 0.508 e. The number of nitrogens with zero attached hydrogens (tertiary/aromatic N) is 8. The number of anilines is 2. The van der Waals surface area contributed by atoms with Crippen LogP contribution >= 0.6 is 0 Å². The average Bonchev–Trinajstić information content (AvgIpc) is 3.84. The van der Waals surface area contributed by atoms with E-state index in [0.29, 0.717) is 89.2 Å². The molecule has 4 aromatic rings. The van der Waals surface area contributed by atoms with E-state index in [1.165, 1.54) is 18.9 Å². The van der Waals surface area contributed by atoms with Gasteiger partial charge in [0.15, 0.2) is 5.69 Å². The third-order valence-electron chi connectivity index (χ3n) is 12.0. The van der Waals surface area contributed by atoms with E-state index in [2.05, 4.69) is 14.7 Å². The fourth-order valence-corrected chi connectivity index (χ4v) is 9.33. The zero-order valence-electron chi connectivity index (χ0n) is 29.9. The molecule has 13 heteroatoms. The highest BCUT2D eigenvalue weighted by Crippen LogP contribution is 2.41. The Bertz CT molecular complexity index is 2000. The molecule has 0 spiro atoms. The summed E-state index contributed by atoms with van der Waals surface area (Å²) in [5.41, 5.74) is 4.91. The van der Waals surface area contributed by atoms with Crippen molar-refractivity contribution >= 4 is 28.2 Å². The van der Waals surface area contributed by atoms with Gasteiger partial charge in [-0.15, -0.1) is 0 Å². The highest BCUT2D eigenvalue weighted by Gasteiger charge is 2.45. The molecule has 12 nitrogen and oxygen atoms in total. The molecule has 5 aliphatic heterocycles. The van der Waals surface area contributed by atoms with Crippen LogP contribution in [0.3, 0.4) is 0 Å². The molecule has 0 saturated carbocycles.